The van der Waals surface area contributed by atoms with Crippen LogP contribution >= 0.6 is 0 Å². The monoisotopic (exact) mass is 265 g/mol. The van der Waals surface area contributed by atoms with Gasteiger partial charge in [-0.05, 0) is 43.2 Å². The first-order valence-corrected chi connectivity index (χ1v) is 7.10. The maximum absolute atomic E-state index is 5.90. The summed E-state index contributed by atoms with van der Waals surface area (Å²) in [5.41, 5.74) is 3.42. The molecule has 102 valence electrons. The summed E-state index contributed by atoms with van der Waals surface area (Å²) in [6.07, 6.45) is 1.05. The third-order valence-corrected chi connectivity index (χ3v) is 3.59. The lowest BCUT2D eigenvalue weighted by Crippen LogP contribution is -2.05. The van der Waals surface area contributed by atoms with Crippen LogP contribution in [-0.2, 0) is 6.42 Å². The molecule has 1 unspecified atom stereocenters. The number of hydrogen-bond acceptors (Lipinski definition) is 2. The molecule has 0 amide bonds. The topological polar surface area (TPSA) is 25.2 Å². The molecule has 2 heteroatoms. The maximum Gasteiger partial charge on any atom is 0.134 e. The number of benzene rings is 2. The van der Waals surface area contributed by atoms with Crippen LogP contribution in [0.4, 0.5) is 5.69 Å². The highest BCUT2D eigenvalue weighted by Gasteiger charge is 2.11. The molecule has 0 spiro atoms. The van der Waals surface area contributed by atoms with E-state index in [2.05, 4.69) is 55.6 Å². The SMILES string of the molecule is CCc1cccc(NC(C)c2cc3ccccc3o2)c1. The largest absolute Gasteiger partial charge is 0.459 e. The lowest BCUT2D eigenvalue weighted by molar-refractivity contribution is 0.526. The summed E-state index contributed by atoms with van der Waals surface area (Å²) in [6, 6.07) is 18.9. The molecule has 3 rings (SSSR count). The van der Waals surface area contributed by atoms with E-state index in [1.54, 1.807) is 0 Å². The number of hydrogen-bond donors (Lipinski definition) is 1. The van der Waals surface area contributed by atoms with Gasteiger partial charge in [-0.15, -0.1) is 0 Å². The van der Waals surface area contributed by atoms with Crippen LogP contribution in [0.2, 0.25) is 0 Å². The second-order valence-corrected chi connectivity index (χ2v) is 5.11. The molecular formula is C18H19NO. The second-order valence-electron chi connectivity index (χ2n) is 5.11. The number of para-hydroxylation sites is 1. The van der Waals surface area contributed by atoms with Crippen LogP contribution in [0.1, 0.15) is 31.2 Å². The molecule has 20 heavy (non-hydrogen) atoms. The number of fused-ring (bicyclic) bond motifs is 1. The van der Waals surface area contributed by atoms with Crippen molar-refractivity contribution in [1.29, 1.82) is 0 Å². The van der Waals surface area contributed by atoms with Gasteiger partial charge in [0.2, 0.25) is 0 Å². The van der Waals surface area contributed by atoms with Gasteiger partial charge in [0.1, 0.15) is 11.3 Å². The molecule has 0 radical (unpaired) electrons. The molecule has 0 aliphatic carbocycles. The Morgan fingerprint density at radius 1 is 1.05 bits per heavy atom. The van der Waals surface area contributed by atoms with Crippen LogP contribution in [-0.4, -0.2) is 0 Å². The van der Waals surface area contributed by atoms with Crippen LogP contribution in [0.15, 0.2) is 59.0 Å². The molecule has 2 nitrogen and oxygen atoms in total. The van der Waals surface area contributed by atoms with E-state index in [4.69, 9.17) is 4.42 Å². The van der Waals surface area contributed by atoms with Crippen LogP contribution in [0, 0.1) is 0 Å². The van der Waals surface area contributed by atoms with Gasteiger partial charge in [0.25, 0.3) is 0 Å². The Labute approximate surface area is 119 Å². The third-order valence-electron chi connectivity index (χ3n) is 3.59. The van der Waals surface area contributed by atoms with E-state index in [0.717, 1.165) is 28.8 Å². The molecule has 2 aromatic carbocycles. The summed E-state index contributed by atoms with van der Waals surface area (Å²) in [4.78, 5) is 0. The first-order valence-electron chi connectivity index (χ1n) is 7.10. The van der Waals surface area contributed by atoms with Gasteiger partial charge in [0, 0.05) is 11.1 Å². The zero-order chi connectivity index (χ0) is 13.9. The van der Waals surface area contributed by atoms with Crippen molar-refractivity contribution in [3.8, 4) is 0 Å². The lowest BCUT2D eigenvalue weighted by atomic mass is 10.1. The minimum Gasteiger partial charge on any atom is -0.459 e. The number of nitrogens with one attached hydrogen (secondary N) is 1. The van der Waals surface area contributed by atoms with Gasteiger partial charge in [0.05, 0.1) is 6.04 Å². The molecule has 0 aliphatic heterocycles. The molecule has 1 N–H and O–H groups in total. The van der Waals surface area contributed by atoms with E-state index in [9.17, 15) is 0 Å². The fraction of sp³-hybridized carbons (Fsp3) is 0.222. The van der Waals surface area contributed by atoms with Crippen molar-refractivity contribution in [3.63, 3.8) is 0 Å². The Morgan fingerprint density at radius 3 is 2.70 bits per heavy atom. The molecule has 0 aliphatic rings. The van der Waals surface area contributed by atoms with E-state index < -0.39 is 0 Å². The van der Waals surface area contributed by atoms with Crippen molar-refractivity contribution in [1.82, 2.24) is 0 Å². The molecule has 0 saturated heterocycles. The van der Waals surface area contributed by atoms with Crippen LogP contribution in [0.25, 0.3) is 11.0 Å². The molecule has 3 aromatic rings. The summed E-state index contributed by atoms with van der Waals surface area (Å²) >= 11 is 0. The number of anilines is 1. The van der Waals surface area contributed by atoms with E-state index >= 15 is 0 Å². The van der Waals surface area contributed by atoms with Gasteiger partial charge >= 0.3 is 0 Å². The zero-order valence-electron chi connectivity index (χ0n) is 11.9. The maximum atomic E-state index is 5.90. The van der Waals surface area contributed by atoms with Crippen molar-refractivity contribution >= 4 is 16.7 Å². The zero-order valence-corrected chi connectivity index (χ0v) is 11.9. The first kappa shape index (κ1) is 12.8. The van der Waals surface area contributed by atoms with Gasteiger partial charge in [-0.25, -0.2) is 0 Å². The lowest BCUT2D eigenvalue weighted by Gasteiger charge is -2.13. The third kappa shape index (κ3) is 2.55. The van der Waals surface area contributed by atoms with Crippen LogP contribution < -0.4 is 5.32 Å². The highest BCUT2D eigenvalue weighted by atomic mass is 16.3. The second kappa shape index (κ2) is 5.41. The molecule has 1 atom stereocenters. The van der Waals surface area contributed by atoms with E-state index in [0.29, 0.717) is 0 Å². The van der Waals surface area contributed by atoms with E-state index in [1.165, 1.54) is 5.56 Å². The highest BCUT2D eigenvalue weighted by Crippen LogP contribution is 2.26. The van der Waals surface area contributed by atoms with Crippen LogP contribution in [0.3, 0.4) is 0 Å². The smallest absolute Gasteiger partial charge is 0.134 e. The van der Waals surface area contributed by atoms with Crippen molar-refractivity contribution in [2.45, 2.75) is 26.3 Å². The summed E-state index contributed by atoms with van der Waals surface area (Å²) < 4.78 is 5.90. The molecule has 0 fully saturated rings. The molecule has 1 heterocycles. The minimum absolute atomic E-state index is 0.148. The Hall–Kier alpha value is -2.22. The number of aryl methyl sites for hydroxylation is 1. The van der Waals surface area contributed by atoms with Gasteiger partial charge in [-0.2, -0.15) is 0 Å². The first-order chi connectivity index (χ1) is 9.76. The molecule has 1 aromatic heterocycles. The van der Waals surface area contributed by atoms with Gasteiger partial charge < -0.3 is 9.73 Å². The summed E-state index contributed by atoms with van der Waals surface area (Å²) in [6.45, 7) is 4.29. The average Bonchev–Trinajstić information content (AvgIpc) is 2.91. The normalized spacial score (nSPS) is 12.5. The summed E-state index contributed by atoms with van der Waals surface area (Å²) in [5.74, 6) is 0.966. The van der Waals surface area contributed by atoms with Crippen molar-refractivity contribution in [2.75, 3.05) is 5.32 Å². The fourth-order valence-electron chi connectivity index (χ4n) is 2.42. The van der Waals surface area contributed by atoms with Gasteiger partial charge in [0.15, 0.2) is 0 Å². The number of furan rings is 1. The molecule has 0 saturated carbocycles. The highest BCUT2D eigenvalue weighted by molar-refractivity contribution is 5.77. The Kier molecular flexibility index (Phi) is 3.46. The Bertz CT molecular complexity index is 681. The van der Waals surface area contributed by atoms with Gasteiger partial charge in [-0.3, -0.25) is 0 Å². The minimum atomic E-state index is 0.148. The fourth-order valence-corrected chi connectivity index (χ4v) is 2.42. The predicted octanol–water partition coefficient (Wildman–Crippen LogP) is 5.17. The molecular weight excluding hydrogens is 246 g/mol. The van der Waals surface area contributed by atoms with Gasteiger partial charge in [-0.1, -0.05) is 37.3 Å². The Balaban J connectivity index is 1.82. The Morgan fingerprint density at radius 2 is 1.90 bits per heavy atom. The summed E-state index contributed by atoms with van der Waals surface area (Å²) in [5, 5.41) is 4.65. The number of rotatable bonds is 4. The predicted molar refractivity (Wildman–Crippen MR) is 84.1 cm³/mol. The van der Waals surface area contributed by atoms with Crippen molar-refractivity contribution in [2.24, 2.45) is 0 Å². The van der Waals surface area contributed by atoms with Crippen molar-refractivity contribution in [3.05, 3.63) is 65.9 Å². The quantitative estimate of drug-likeness (QED) is 0.704. The average molecular weight is 265 g/mol. The van der Waals surface area contributed by atoms with Crippen LogP contribution in [0.5, 0.6) is 0 Å². The van der Waals surface area contributed by atoms with E-state index in [-0.39, 0.29) is 6.04 Å². The molecule has 0 bridgehead atoms. The summed E-state index contributed by atoms with van der Waals surface area (Å²) in [7, 11) is 0. The van der Waals surface area contributed by atoms with Crippen molar-refractivity contribution < 1.29 is 4.42 Å². The standard InChI is InChI=1S/C18H19NO/c1-3-14-7-6-9-16(11-14)19-13(2)18-12-15-8-4-5-10-17(15)20-18/h4-13,19H,3H2,1-2H3. The van der Waals surface area contributed by atoms with E-state index in [1.807, 2.05) is 18.2 Å².